The third-order valence-electron chi connectivity index (χ3n) is 3.39. The van der Waals surface area contributed by atoms with Gasteiger partial charge in [0.05, 0.1) is 10.7 Å². The molecule has 0 saturated heterocycles. The van der Waals surface area contributed by atoms with Gasteiger partial charge < -0.3 is 5.32 Å². The third kappa shape index (κ3) is 1.71. The van der Waals surface area contributed by atoms with Crippen molar-refractivity contribution in [2.75, 3.05) is 7.05 Å². The third-order valence-corrected chi connectivity index (χ3v) is 4.16. The van der Waals surface area contributed by atoms with Gasteiger partial charge in [-0.3, -0.25) is 0 Å². The lowest BCUT2D eigenvalue weighted by Crippen LogP contribution is -2.25. The Balaban J connectivity index is 2.18. The summed E-state index contributed by atoms with van der Waals surface area (Å²) in [5.74, 6) is 0. The number of nitrogens with zero attached hydrogens (tertiary/aromatic N) is 1. The van der Waals surface area contributed by atoms with Crippen molar-refractivity contribution in [2.45, 2.75) is 44.6 Å². The first-order valence-corrected chi connectivity index (χ1v) is 6.12. The van der Waals surface area contributed by atoms with E-state index in [1.807, 2.05) is 0 Å². The number of nitrogens with one attached hydrogen (secondary N) is 1. The number of rotatable bonds is 2. The number of aryl methyl sites for hydroxylation is 1. The molecule has 78 valence electrons. The topological polar surface area (TPSA) is 24.9 Å². The molecule has 1 N–H and O–H groups in total. The zero-order valence-corrected chi connectivity index (χ0v) is 9.95. The number of thiazole rings is 1. The summed E-state index contributed by atoms with van der Waals surface area (Å²) in [5.41, 5.74) is 1.62. The molecule has 3 heteroatoms. The van der Waals surface area contributed by atoms with Gasteiger partial charge in [-0.25, -0.2) is 4.98 Å². The second-order valence-electron chi connectivity index (χ2n) is 4.54. The molecular formula is C11H18N2S. The van der Waals surface area contributed by atoms with Gasteiger partial charge >= 0.3 is 0 Å². The molecule has 2 atom stereocenters. The highest BCUT2D eigenvalue weighted by atomic mass is 32.1. The van der Waals surface area contributed by atoms with Crippen LogP contribution in [0.1, 0.15) is 36.9 Å². The number of hydrogen-bond acceptors (Lipinski definition) is 3. The second-order valence-corrected chi connectivity index (χ2v) is 5.60. The lowest BCUT2D eigenvalue weighted by molar-refractivity contribution is 0.456. The zero-order chi connectivity index (χ0) is 10.2. The van der Waals surface area contributed by atoms with Crippen LogP contribution in [0.5, 0.6) is 0 Å². The van der Waals surface area contributed by atoms with Gasteiger partial charge in [-0.2, -0.15) is 0 Å². The Morgan fingerprint density at radius 1 is 1.64 bits per heavy atom. The van der Waals surface area contributed by atoms with Crippen LogP contribution in [0.3, 0.4) is 0 Å². The van der Waals surface area contributed by atoms with E-state index in [9.17, 15) is 0 Å². The number of aromatic nitrogens is 1. The predicted molar refractivity (Wildman–Crippen MR) is 60.9 cm³/mol. The molecule has 0 aliphatic heterocycles. The maximum absolute atomic E-state index is 4.62. The van der Waals surface area contributed by atoms with Gasteiger partial charge in [-0.05, 0) is 33.2 Å². The van der Waals surface area contributed by atoms with Gasteiger partial charge in [0.25, 0.3) is 0 Å². The average Bonchev–Trinajstić information content (AvgIpc) is 2.73. The van der Waals surface area contributed by atoms with Gasteiger partial charge in [0, 0.05) is 16.8 Å². The standard InChI is InChI=1S/C11H18N2S/c1-8-13-10(7-14-8)11(2)5-4-9(6-11)12-3/h7,9,12H,4-6H2,1-3H3. The molecule has 0 amide bonds. The minimum Gasteiger partial charge on any atom is -0.317 e. The van der Waals surface area contributed by atoms with E-state index < -0.39 is 0 Å². The Morgan fingerprint density at radius 3 is 2.93 bits per heavy atom. The minimum absolute atomic E-state index is 0.318. The SMILES string of the molecule is CNC1CCC(C)(c2csc(C)n2)C1. The molecule has 14 heavy (non-hydrogen) atoms. The molecule has 0 bridgehead atoms. The molecule has 1 saturated carbocycles. The summed E-state index contributed by atoms with van der Waals surface area (Å²) in [6.07, 6.45) is 3.78. The Hall–Kier alpha value is -0.410. The van der Waals surface area contributed by atoms with Crippen LogP contribution in [0.2, 0.25) is 0 Å². The van der Waals surface area contributed by atoms with Gasteiger partial charge in [0.2, 0.25) is 0 Å². The van der Waals surface area contributed by atoms with E-state index in [1.165, 1.54) is 30.0 Å². The highest BCUT2D eigenvalue weighted by Crippen LogP contribution is 2.40. The molecule has 0 radical (unpaired) electrons. The Labute approximate surface area is 89.8 Å². The molecule has 1 aromatic heterocycles. The maximum Gasteiger partial charge on any atom is 0.0897 e. The highest BCUT2D eigenvalue weighted by Gasteiger charge is 2.37. The molecule has 1 aliphatic rings. The van der Waals surface area contributed by atoms with E-state index in [0.29, 0.717) is 11.5 Å². The fraction of sp³-hybridized carbons (Fsp3) is 0.727. The van der Waals surface area contributed by atoms with Crippen molar-refractivity contribution < 1.29 is 0 Å². The Bertz CT molecular complexity index is 321. The monoisotopic (exact) mass is 210 g/mol. The summed E-state index contributed by atoms with van der Waals surface area (Å²) in [5, 5.41) is 6.79. The molecule has 0 spiro atoms. The Kier molecular flexibility index (Phi) is 2.62. The zero-order valence-electron chi connectivity index (χ0n) is 9.13. The van der Waals surface area contributed by atoms with Crippen molar-refractivity contribution in [2.24, 2.45) is 0 Å². The van der Waals surface area contributed by atoms with Crippen molar-refractivity contribution in [3.63, 3.8) is 0 Å². The predicted octanol–water partition coefficient (Wildman–Crippen LogP) is 2.48. The lowest BCUT2D eigenvalue weighted by Gasteiger charge is -2.21. The first-order valence-electron chi connectivity index (χ1n) is 5.24. The molecule has 2 rings (SSSR count). The van der Waals surface area contributed by atoms with Crippen LogP contribution >= 0.6 is 11.3 Å². The van der Waals surface area contributed by atoms with E-state index >= 15 is 0 Å². The van der Waals surface area contributed by atoms with E-state index in [-0.39, 0.29) is 0 Å². The largest absolute Gasteiger partial charge is 0.317 e. The molecular weight excluding hydrogens is 192 g/mol. The molecule has 1 aromatic rings. The quantitative estimate of drug-likeness (QED) is 0.811. The van der Waals surface area contributed by atoms with Gasteiger partial charge in [0.15, 0.2) is 0 Å². The summed E-state index contributed by atoms with van der Waals surface area (Å²) >= 11 is 1.77. The normalized spacial score (nSPS) is 32.4. The molecule has 2 nitrogen and oxygen atoms in total. The summed E-state index contributed by atoms with van der Waals surface area (Å²) in [6, 6.07) is 0.682. The average molecular weight is 210 g/mol. The first kappa shape index (κ1) is 10.1. The van der Waals surface area contributed by atoms with Crippen molar-refractivity contribution >= 4 is 11.3 Å². The van der Waals surface area contributed by atoms with Crippen molar-refractivity contribution in [3.05, 3.63) is 16.1 Å². The van der Waals surface area contributed by atoms with Crippen LogP contribution in [0.15, 0.2) is 5.38 Å². The van der Waals surface area contributed by atoms with E-state index in [1.54, 1.807) is 11.3 Å². The second kappa shape index (κ2) is 3.63. The van der Waals surface area contributed by atoms with Crippen molar-refractivity contribution in [3.8, 4) is 0 Å². The van der Waals surface area contributed by atoms with Crippen LogP contribution in [0.25, 0.3) is 0 Å². The molecule has 0 aromatic carbocycles. The van der Waals surface area contributed by atoms with E-state index in [0.717, 1.165) is 0 Å². The molecule has 1 fully saturated rings. The number of hydrogen-bond donors (Lipinski definition) is 1. The summed E-state index contributed by atoms with van der Waals surface area (Å²) in [4.78, 5) is 4.62. The Morgan fingerprint density at radius 2 is 2.43 bits per heavy atom. The maximum atomic E-state index is 4.62. The van der Waals surface area contributed by atoms with Gasteiger partial charge in [0.1, 0.15) is 0 Å². The van der Waals surface area contributed by atoms with Crippen LogP contribution in [0, 0.1) is 6.92 Å². The smallest absolute Gasteiger partial charge is 0.0897 e. The van der Waals surface area contributed by atoms with Crippen LogP contribution in [0.4, 0.5) is 0 Å². The highest BCUT2D eigenvalue weighted by molar-refractivity contribution is 7.09. The van der Waals surface area contributed by atoms with Crippen LogP contribution in [-0.4, -0.2) is 18.1 Å². The van der Waals surface area contributed by atoms with Crippen molar-refractivity contribution in [1.82, 2.24) is 10.3 Å². The lowest BCUT2D eigenvalue weighted by atomic mass is 9.85. The van der Waals surface area contributed by atoms with E-state index in [2.05, 4.69) is 36.6 Å². The molecule has 1 aliphatic carbocycles. The van der Waals surface area contributed by atoms with Crippen molar-refractivity contribution in [1.29, 1.82) is 0 Å². The van der Waals surface area contributed by atoms with E-state index in [4.69, 9.17) is 0 Å². The fourth-order valence-corrected chi connectivity index (χ4v) is 3.13. The van der Waals surface area contributed by atoms with Gasteiger partial charge in [-0.15, -0.1) is 11.3 Å². The fourth-order valence-electron chi connectivity index (χ4n) is 2.36. The molecule has 1 heterocycles. The molecule has 2 unspecified atom stereocenters. The van der Waals surface area contributed by atoms with Crippen LogP contribution < -0.4 is 5.32 Å². The first-order chi connectivity index (χ1) is 6.64. The summed E-state index contributed by atoms with van der Waals surface area (Å²) in [6.45, 7) is 4.43. The van der Waals surface area contributed by atoms with Gasteiger partial charge in [-0.1, -0.05) is 6.92 Å². The van der Waals surface area contributed by atoms with Crippen LogP contribution in [-0.2, 0) is 5.41 Å². The minimum atomic E-state index is 0.318. The summed E-state index contributed by atoms with van der Waals surface area (Å²) in [7, 11) is 2.06. The summed E-state index contributed by atoms with van der Waals surface area (Å²) < 4.78 is 0.